The summed E-state index contributed by atoms with van der Waals surface area (Å²) in [5, 5.41) is 6.33. The summed E-state index contributed by atoms with van der Waals surface area (Å²) in [6.07, 6.45) is 1.09. The van der Waals surface area contributed by atoms with E-state index in [1.165, 1.54) is 0 Å². The molecule has 0 fully saturated rings. The van der Waals surface area contributed by atoms with Gasteiger partial charge in [0.15, 0.2) is 0 Å². The second kappa shape index (κ2) is 9.21. The molecule has 0 saturated carbocycles. The van der Waals surface area contributed by atoms with Crippen molar-refractivity contribution in [3.63, 3.8) is 0 Å². The van der Waals surface area contributed by atoms with Gasteiger partial charge in [-0.2, -0.15) is 0 Å². The number of amides is 2. The van der Waals surface area contributed by atoms with Crippen molar-refractivity contribution in [2.75, 3.05) is 11.9 Å². The van der Waals surface area contributed by atoms with Crippen molar-refractivity contribution < 1.29 is 14.3 Å². The molecule has 2 N–H and O–H groups in total. The van der Waals surface area contributed by atoms with E-state index in [2.05, 4.69) is 26.6 Å². The Hall–Kier alpha value is -0.780. The Morgan fingerprint density at radius 3 is 2.35 bits per heavy atom. The van der Waals surface area contributed by atoms with Crippen molar-refractivity contribution in [1.82, 2.24) is 10.6 Å². The van der Waals surface area contributed by atoms with Crippen molar-refractivity contribution in [3.8, 4) is 0 Å². The van der Waals surface area contributed by atoms with Crippen molar-refractivity contribution in [2.24, 2.45) is 5.92 Å². The number of hydrogen-bond acceptors (Lipinski definition) is 3. The first-order valence-corrected chi connectivity index (χ1v) is 8.16. The predicted molar refractivity (Wildman–Crippen MR) is 84.0 cm³/mol. The van der Waals surface area contributed by atoms with Gasteiger partial charge in [-0.1, -0.05) is 36.2 Å². The summed E-state index contributed by atoms with van der Waals surface area (Å²) < 4.78 is 5.20. The van der Waals surface area contributed by atoms with Crippen molar-refractivity contribution in [3.05, 3.63) is 0 Å². The van der Waals surface area contributed by atoms with Crippen LogP contribution in [0.5, 0.6) is 0 Å². The van der Waals surface area contributed by atoms with Gasteiger partial charge in [0.25, 0.3) is 0 Å². The van der Waals surface area contributed by atoms with Gasteiger partial charge in [0.1, 0.15) is 11.6 Å². The van der Waals surface area contributed by atoms with Crippen LogP contribution in [0.1, 0.15) is 47.5 Å². The zero-order valence-corrected chi connectivity index (χ0v) is 14.7. The van der Waals surface area contributed by atoms with Gasteiger partial charge in [-0.15, -0.1) is 0 Å². The van der Waals surface area contributed by atoms with Crippen molar-refractivity contribution in [1.29, 1.82) is 0 Å². The molecule has 5 nitrogen and oxygen atoms in total. The fourth-order valence-corrected chi connectivity index (χ4v) is 1.81. The number of carbonyl (C=O) groups is 2. The highest BCUT2D eigenvalue weighted by Gasteiger charge is 2.27. The molecule has 2 amide bonds. The third-order valence-corrected chi connectivity index (χ3v) is 3.34. The van der Waals surface area contributed by atoms with E-state index in [1.807, 2.05) is 13.8 Å². The number of halogens is 1. The molecule has 0 aliphatic heterocycles. The molecule has 0 spiro atoms. The second-order valence-electron chi connectivity index (χ2n) is 5.84. The van der Waals surface area contributed by atoms with Crippen molar-refractivity contribution >= 4 is 27.9 Å². The zero-order valence-electron chi connectivity index (χ0n) is 13.1. The summed E-state index contributed by atoms with van der Waals surface area (Å²) >= 11 is 3.31. The van der Waals surface area contributed by atoms with Crippen LogP contribution in [0.15, 0.2) is 0 Å². The Balaban J connectivity index is 4.56. The van der Waals surface area contributed by atoms with Crippen LogP contribution in [-0.4, -0.2) is 35.5 Å². The summed E-state index contributed by atoms with van der Waals surface area (Å²) in [6, 6.07) is -0.565. The molecular weight excluding hydrogens is 324 g/mol. The summed E-state index contributed by atoms with van der Waals surface area (Å²) in [5.41, 5.74) is -0.573. The summed E-state index contributed by atoms with van der Waals surface area (Å²) in [6.45, 7) is 9.89. The zero-order chi connectivity index (χ0) is 15.8. The molecule has 118 valence electrons. The highest BCUT2D eigenvalue weighted by Crippen LogP contribution is 2.11. The Morgan fingerprint density at radius 2 is 1.90 bits per heavy atom. The lowest BCUT2D eigenvalue weighted by atomic mass is 9.98. The van der Waals surface area contributed by atoms with E-state index in [4.69, 9.17) is 4.74 Å². The molecule has 6 heteroatoms. The Kier molecular flexibility index (Phi) is 8.85. The second-order valence-corrected chi connectivity index (χ2v) is 6.64. The maximum atomic E-state index is 12.1. The van der Waals surface area contributed by atoms with Crippen LogP contribution in [0, 0.1) is 5.92 Å². The molecule has 0 aromatic heterocycles. The minimum atomic E-state index is -0.573. The van der Waals surface area contributed by atoms with Gasteiger partial charge < -0.3 is 15.4 Å². The average Bonchev–Trinajstić information content (AvgIpc) is 2.33. The van der Waals surface area contributed by atoms with Crippen LogP contribution in [0.4, 0.5) is 4.79 Å². The van der Waals surface area contributed by atoms with Gasteiger partial charge in [-0.05, 0) is 33.1 Å². The van der Waals surface area contributed by atoms with Gasteiger partial charge in [-0.25, -0.2) is 4.79 Å². The monoisotopic (exact) mass is 350 g/mol. The molecule has 0 aromatic rings. The van der Waals surface area contributed by atoms with Gasteiger partial charge in [0.05, 0.1) is 0 Å². The Labute approximate surface area is 130 Å². The van der Waals surface area contributed by atoms with Crippen molar-refractivity contribution in [2.45, 2.75) is 59.1 Å². The number of carbonyl (C=O) groups excluding carboxylic acids is 2. The lowest BCUT2D eigenvalue weighted by Gasteiger charge is -2.26. The highest BCUT2D eigenvalue weighted by molar-refractivity contribution is 9.09. The molecule has 0 rings (SSSR count). The number of nitrogens with one attached hydrogen (secondary N) is 2. The number of rotatable bonds is 7. The van der Waals surface area contributed by atoms with E-state index in [1.54, 1.807) is 20.8 Å². The lowest BCUT2D eigenvalue weighted by Crippen LogP contribution is -2.51. The van der Waals surface area contributed by atoms with E-state index >= 15 is 0 Å². The summed E-state index contributed by atoms with van der Waals surface area (Å²) in [7, 11) is 0. The van der Waals surface area contributed by atoms with Gasteiger partial charge >= 0.3 is 6.09 Å². The Morgan fingerprint density at radius 1 is 1.30 bits per heavy atom. The molecule has 0 saturated heterocycles. The first kappa shape index (κ1) is 19.2. The van der Waals surface area contributed by atoms with Crippen LogP contribution >= 0.6 is 15.9 Å². The third kappa shape index (κ3) is 8.40. The van der Waals surface area contributed by atoms with E-state index in [0.717, 1.165) is 18.2 Å². The summed E-state index contributed by atoms with van der Waals surface area (Å²) in [5.74, 6) is -0.113. The molecule has 0 aromatic carbocycles. The quantitative estimate of drug-likeness (QED) is 0.548. The molecule has 20 heavy (non-hydrogen) atoms. The molecule has 0 bridgehead atoms. The number of alkyl halides is 1. The number of ether oxygens (including phenoxy) is 1. The minimum absolute atomic E-state index is 0.0477. The lowest BCUT2D eigenvalue weighted by molar-refractivity contribution is -0.124. The number of alkyl carbamates (subject to hydrolysis) is 1. The standard InChI is InChI=1S/C14H27BrN2O3/c1-6-10(2)11(12(18)16-9-7-8-15)17-13(19)20-14(3,4)5/h10-11H,6-9H2,1-5H3,(H,16,18)(H,17,19). The maximum absolute atomic E-state index is 12.1. The largest absolute Gasteiger partial charge is 0.444 e. The molecule has 0 radical (unpaired) electrons. The fraction of sp³-hybridized carbons (Fsp3) is 0.857. The molecule has 2 atom stereocenters. The normalized spacial score (nSPS) is 14.3. The van der Waals surface area contributed by atoms with E-state index in [0.29, 0.717) is 6.54 Å². The molecule has 0 heterocycles. The smallest absolute Gasteiger partial charge is 0.408 e. The fourth-order valence-electron chi connectivity index (χ4n) is 1.52. The van der Waals surface area contributed by atoms with Crippen LogP contribution in [0.25, 0.3) is 0 Å². The van der Waals surface area contributed by atoms with Gasteiger partial charge in [-0.3, -0.25) is 4.79 Å². The van der Waals surface area contributed by atoms with Crippen LogP contribution in [0.2, 0.25) is 0 Å². The minimum Gasteiger partial charge on any atom is -0.444 e. The molecule has 0 aliphatic carbocycles. The first-order chi connectivity index (χ1) is 9.21. The van der Waals surface area contributed by atoms with E-state index in [-0.39, 0.29) is 11.8 Å². The van der Waals surface area contributed by atoms with Gasteiger partial charge in [0, 0.05) is 11.9 Å². The number of hydrogen-bond donors (Lipinski definition) is 2. The SMILES string of the molecule is CCC(C)C(NC(=O)OC(C)(C)C)C(=O)NCCCBr. The average molecular weight is 351 g/mol. The van der Waals surface area contributed by atoms with E-state index < -0.39 is 17.7 Å². The third-order valence-electron chi connectivity index (χ3n) is 2.78. The van der Waals surface area contributed by atoms with Gasteiger partial charge in [0.2, 0.25) is 5.91 Å². The topological polar surface area (TPSA) is 67.4 Å². The van der Waals surface area contributed by atoms with Crippen LogP contribution in [0.3, 0.4) is 0 Å². The maximum Gasteiger partial charge on any atom is 0.408 e. The highest BCUT2D eigenvalue weighted by atomic mass is 79.9. The van der Waals surface area contributed by atoms with Crippen LogP contribution in [-0.2, 0) is 9.53 Å². The summed E-state index contributed by atoms with van der Waals surface area (Å²) in [4.78, 5) is 23.9. The Bertz CT molecular complexity index is 316. The molecule has 2 unspecified atom stereocenters. The predicted octanol–water partition coefficient (Wildman–Crippen LogP) is 2.83. The molecule has 0 aliphatic rings. The van der Waals surface area contributed by atoms with E-state index in [9.17, 15) is 9.59 Å². The first-order valence-electron chi connectivity index (χ1n) is 7.04. The molecular formula is C14H27BrN2O3. The van der Waals surface area contributed by atoms with Crippen LogP contribution < -0.4 is 10.6 Å².